The number of amides is 3. The molecule has 24 heavy (non-hydrogen) atoms. The third-order valence-corrected chi connectivity index (χ3v) is 5.05. The van der Waals surface area contributed by atoms with Crippen molar-refractivity contribution in [2.75, 3.05) is 13.1 Å². The predicted octanol–water partition coefficient (Wildman–Crippen LogP) is 3.32. The lowest BCUT2D eigenvalue weighted by Gasteiger charge is -2.26. The monoisotopic (exact) mass is 383 g/mol. The van der Waals surface area contributed by atoms with Gasteiger partial charge in [-0.25, -0.2) is 4.79 Å². The van der Waals surface area contributed by atoms with Gasteiger partial charge in [0.05, 0.1) is 10.4 Å². The summed E-state index contributed by atoms with van der Waals surface area (Å²) in [5, 5.41) is 4.58. The molecular weight excluding hydrogens is 367 g/mol. The van der Waals surface area contributed by atoms with Gasteiger partial charge in [-0.05, 0) is 31.9 Å². The number of rotatable bonds is 4. The molecule has 0 aliphatic carbocycles. The number of hydrogen-bond donors (Lipinski definition) is 2. The first-order valence-electron chi connectivity index (χ1n) is 7.34. The van der Waals surface area contributed by atoms with Crippen LogP contribution < -0.4 is 10.6 Å². The van der Waals surface area contributed by atoms with Crippen molar-refractivity contribution in [3.63, 3.8) is 0 Å². The molecule has 0 aromatic carbocycles. The van der Waals surface area contributed by atoms with Crippen LogP contribution in [-0.2, 0) is 4.79 Å². The average molecular weight is 384 g/mol. The maximum atomic E-state index is 12.3. The Morgan fingerprint density at radius 2 is 2.17 bits per heavy atom. The van der Waals surface area contributed by atoms with Gasteiger partial charge in [-0.1, -0.05) is 11.6 Å². The van der Waals surface area contributed by atoms with Gasteiger partial charge < -0.3 is 15.5 Å². The summed E-state index contributed by atoms with van der Waals surface area (Å²) >= 11 is 7.18. The molecule has 1 fully saturated rings. The first-order valence-corrected chi connectivity index (χ1v) is 8.53. The molecule has 1 aromatic rings. The Labute approximate surface area is 146 Å². The van der Waals surface area contributed by atoms with Crippen molar-refractivity contribution in [1.82, 2.24) is 15.5 Å². The fourth-order valence-corrected chi connectivity index (χ4v) is 3.55. The van der Waals surface area contributed by atoms with Crippen LogP contribution in [-0.4, -0.2) is 42.1 Å². The maximum Gasteiger partial charge on any atom is 0.405 e. The highest BCUT2D eigenvalue weighted by molar-refractivity contribution is 7.16. The molecular formula is C14H17ClF3N3O2S. The third-order valence-electron chi connectivity index (χ3n) is 3.64. The minimum atomic E-state index is -4.48. The van der Waals surface area contributed by atoms with Crippen LogP contribution in [0.15, 0.2) is 12.1 Å². The highest BCUT2D eigenvalue weighted by Gasteiger charge is 2.36. The SMILES string of the molecule is C[C@H](NC(=O)N1CCC[C@H]1C(=O)NCC(F)(F)F)c1ccc(Cl)s1. The quantitative estimate of drug-likeness (QED) is 0.837. The molecule has 0 unspecified atom stereocenters. The number of alkyl halides is 3. The van der Waals surface area contributed by atoms with Gasteiger partial charge in [0.2, 0.25) is 5.91 Å². The van der Waals surface area contributed by atoms with Gasteiger partial charge in [-0.15, -0.1) is 11.3 Å². The Morgan fingerprint density at radius 1 is 1.46 bits per heavy atom. The third kappa shape index (κ3) is 5.01. The number of urea groups is 1. The molecule has 2 atom stereocenters. The van der Waals surface area contributed by atoms with Crippen molar-refractivity contribution in [3.8, 4) is 0 Å². The standard InChI is InChI=1S/C14H17ClF3N3O2S/c1-8(10-4-5-11(15)24-10)20-13(23)21-6-2-3-9(21)12(22)19-7-14(16,17)18/h4-5,8-9H,2-3,6-7H2,1H3,(H,19,22)(H,20,23)/t8-,9-/m0/s1. The number of nitrogens with one attached hydrogen (secondary N) is 2. The van der Waals surface area contributed by atoms with Crippen LogP contribution in [0.4, 0.5) is 18.0 Å². The van der Waals surface area contributed by atoms with Crippen LogP contribution >= 0.6 is 22.9 Å². The van der Waals surface area contributed by atoms with E-state index >= 15 is 0 Å². The Bertz CT molecular complexity index is 608. The van der Waals surface area contributed by atoms with E-state index in [0.29, 0.717) is 23.7 Å². The van der Waals surface area contributed by atoms with Gasteiger partial charge in [0.15, 0.2) is 0 Å². The molecule has 1 aliphatic heterocycles. The second-order valence-corrected chi connectivity index (χ2v) is 7.24. The van der Waals surface area contributed by atoms with E-state index in [0.717, 1.165) is 4.88 Å². The summed E-state index contributed by atoms with van der Waals surface area (Å²) in [4.78, 5) is 26.4. The van der Waals surface area contributed by atoms with Gasteiger partial charge in [-0.3, -0.25) is 4.79 Å². The number of hydrogen-bond acceptors (Lipinski definition) is 3. The van der Waals surface area contributed by atoms with E-state index in [2.05, 4.69) is 5.32 Å². The van der Waals surface area contributed by atoms with E-state index in [1.54, 1.807) is 19.1 Å². The summed E-state index contributed by atoms with van der Waals surface area (Å²) < 4.78 is 37.2. The Kier molecular flexibility index (Phi) is 5.97. The lowest BCUT2D eigenvalue weighted by molar-refractivity contribution is -0.140. The van der Waals surface area contributed by atoms with Crippen molar-refractivity contribution in [2.24, 2.45) is 0 Å². The fraction of sp³-hybridized carbons (Fsp3) is 0.571. The molecule has 0 bridgehead atoms. The zero-order valence-corrected chi connectivity index (χ0v) is 14.4. The lowest BCUT2D eigenvalue weighted by atomic mass is 10.2. The molecule has 0 saturated carbocycles. The molecule has 0 spiro atoms. The Morgan fingerprint density at radius 3 is 2.75 bits per heavy atom. The number of likely N-dealkylation sites (tertiary alicyclic amines) is 1. The fourth-order valence-electron chi connectivity index (χ4n) is 2.49. The van der Waals surface area contributed by atoms with Crippen molar-refractivity contribution in [3.05, 3.63) is 21.3 Å². The van der Waals surface area contributed by atoms with Gasteiger partial charge >= 0.3 is 12.2 Å². The minimum Gasteiger partial charge on any atom is -0.345 e. The van der Waals surface area contributed by atoms with Crippen molar-refractivity contribution in [1.29, 1.82) is 0 Å². The second-order valence-electron chi connectivity index (χ2n) is 5.50. The lowest BCUT2D eigenvalue weighted by Crippen LogP contribution is -2.51. The number of carbonyl (C=O) groups excluding carboxylic acids is 2. The Hall–Kier alpha value is -1.48. The van der Waals surface area contributed by atoms with E-state index in [9.17, 15) is 22.8 Å². The largest absolute Gasteiger partial charge is 0.405 e. The minimum absolute atomic E-state index is 0.311. The number of thiophene rings is 1. The molecule has 3 amide bonds. The number of halogens is 4. The topological polar surface area (TPSA) is 61.4 Å². The van der Waals surface area contributed by atoms with Gasteiger partial charge in [-0.2, -0.15) is 13.2 Å². The van der Waals surface area contributed by atoms with Crippen molar-refractivity contribution in [2.45, 2.75) is 38.0 Å². The Balaban J connectivity index is 1.94. The van der Waals surface area contributed by atoms with Crippen LogP contribution in [0, 0.1) is 0 Å². The average Bonchev–Trinajstić information content (AvgIpc) is 3.12. The number of carbonyl (C=O) groups is 2. The second kappa shape index (κ2) is 7.60. The van der Waals surface area contributed by atoms with Crippen LogP contribution in [0.3, 0.4) is 0 Å². The van der Waals surface area contributed by atoms with E-state index in [1.807, 2.05) is 5.32 Å². The first-order chi connectivity index (χ1) is 11.2. The zero-order valence-electron chi connectivity index (χ0n) is 12.8. The maximum absolute atomic E-state index is 12.3. The summed E-state index contributed by atoms with van der Waals surface area (Å²) in [5.41, 5.74) is 0. The van der Waals surface area contributed by atoms with Crippen molar-refractivity contribution < 1.29 is 22.8 Å². The van der Waals surface area contributed by atoms with E-state index < -0.39 is 30.7 Å². The first kappa shape index (κ1) is 18.9. The molecule has 1 saturated heterocycles. The van der Waals surface area contributed by atoms with Crippen LogP contribution in [0.5, 0.6) is 0 Å². The normalized spacial score (nSPS) is 19.2. The highest BCUT2D eigenvalue weighted by atomic mass is 35.5. The van der Waals surface area contributed by atoms with Crippen LogP contribution in [0.1, 0.15) is 30.7 Å². The predicted molar refractivity (Wildman–Crippen MR) is 85.1 cm³/mol. The van der Waals surface area contributed by atoms with Crippen LogP contribution in [0.2, 0.25) is 4.34 Å². The zero-order chi connectivity index (χ0) is 17.9. The number of nitrogens with zero attached hydrogens (tertiary/aromatic N) is 1. The molecule has 2 N–H and O–H groups in total. The van der Waals surface area contributed by atoms with Gasteiger partial charge in [0.1, 0.15) is 12.6 Å². The summed E-state index contributed by atoms with van der Waals surface area (Å²) in [5.74, 6) is -0.785. The highest BCUT2D eigenvalue weighted by Crippen LogP contribution is 2.27. The molecule has 1 aliphatic rings. The molecule has 2 heterocycles. The van der Waals surface area contributed by atoms with Gasteiger partial charge in [0.25, 0.3) is 0 Å². The molecule has 0 radical (unpaired) electrons. The molecule has 10 heteroatoms. The molecule has 1 aromatic heterocycles. The van der Waals surface area contributed by atoms with E-state index in [-0.39, 0.29) is 6.04 Å². The molecule has 5 nitrogen and oxygen atoms in total. The van der Waals surface area contributed by atoms with Crippen LogP contribution in [0.25, 0.3) is 0 Å². The smallest absolute Gasteiger partial charge is 0.345 e. The summed E-state index contributed by atoms with van der Waals surface area (Å²) in [6.45, 7) is 0.699. The molecule has 2 rings (SSSR count). The van der Waals surface area contributed by atoms with E-state index in [1.165, 1.54) is 16.2 Å². The summed E-state index contributed by atoms with van der Waals surface area (Å²) in [7, 11) is 0. The molecule has 134 valence electrons. The summed E-state index contributed by atoms with van der Waals surface area (Å²) in [6, 6.07) is 1.83. The summed E-state index contributed by atoms with van der Waals surface area (Å²) in [6.07, 6.45) is -3.57. The van der Waals surface area contributed by atoms with Gasteiger partial charge in [0, 0.05) is 11.4 Å². The van der Waals surface area contributed by atoms with E-state index in [4.69, 9.17) is 11.6 Å². The van der Waals surface area contributed by atoms with Crippen molar-refractivity contribution >= 4 is 34.9 Å².